The van der Waals surface area contributed by atoms with Gasteiger partial charge in [0.1, 0.15) is 29.1 Å². The second-order valence-corrected chi connectivity index (χ2v) is 6.11. The molecule has 0 heterocycles. The summed E-state index contributed by atoms with van der Waals surface area (Å²) in [6, 6.07) is 0. The standard InChI is InChI=1S/C14H17BrCl2N2O2/c1-11-10-12(18-20-8-3-2-7-15)4-5-13(11)19-21-9-6-14(16)17/h4-6,9-10,14H,2-3,7-8H2,1H3. The molecule has 1 rings (SSSR count). The zero-order valence-corrected chi connectivity index (χ0v) is 14.7. The van der Waals surface area contributed by atoms with Crippen LogP contribution in [0.2, 0.25) is 0 Å². The summed E-state index contributed by atoms with van der Waals surface area (Å²) >= 11 is 14.4. The fraction of sp³-hybridized carbons (Fsp3) is 0.429. The molecule has 0 aromatic heterocycles. The van der Waals surface area contributed by atoms with Crippen molar-refractivity contribution < 1.29 is 9.68 Å². The minimum Gasteiger partial charge on any atom is -0.395 e. The Bertz CT molecular complexity index is 472. The number of rotatable bonds is 8. The molecular formula is C14H17BrCl2N2O2. The van der Waals surface area contributed by atoms with E-state index in [1.54, 1.807) is 0 Å². The lowest BCUT2D eigenvalue weighted by Gasteiger charge is -2.07. The van der Waals surface area contributed by atoms with Crippen LogP contribution in [0.15, 0.2) is 46.5 Å². The van der Waals surface area contributed by atoms with Crippen molar-refractivity contribution in [2.75, 3.05) is 11.9 Å². The fourth-order valence-electron chi connectivity index (χ4n) is 1.36. The van der Waals surface area contributed by atoms with Crippen LogP contribution in [0, 0.1) is 0 Å². The van der Waals surface area contributed by atoms with Gasteiger partial charge in [-0.25, -0.2) is 0 Å². The highest BCUT2D eigenvalue weighted by molar-refractivity contribution is 9.09. The van der Waals surface area contributed by atoms with E-state index < -0.39 is 4.84 Å². The molecule has 0 spiro atoms. The number of alkyl halides is 3. The average Bonchev–Trinajstić information content (AvgIpc) is 2.45. The number of hydrogen-bond acceptors (Lipinski definition) is 4. The Labute approximate surface area is 143 Å². The fourth-order valence-corrected chi connectivity index (χ4v) is 1.88. The minimum atomic E-state index is -0.607. The second kappa shape index (κ2) is 10.9. The highest BCUT2D eigenvalue weighted by Crippen LogP contribution is 2.09. The van der Waals surface area contributed by atoms with E-state index >= 15 is 0 Å². The molecule has 0 aliphatic heterocycles. The van der Waals surface area contributed by atoms with Crippen LogP contribution >= 0.6 is 39.1 Å². The number of unbranched alkanes of at least 4 members (excludes halogenated alkanes) is 1. The van der Waals surface area contributed by atoms with Gasteiger partial charge in [-0.1, -0.05) is 26.2 Å². The third-order valence-electron chi connectivity index (χ3n) is 2.41. The van der Waals surface area contributed by atoms with Crippen molar-refractivity contribution in [2.24, 2.45) is 10.3 Å². The molecule has 0 N–H and O–H groups in total. The van der Waals surface area contributed by atoms with Crippen molar-refractivity contribution in [1.82, 2.24) is 0 Å². The highest BCUT2D eigenvalue weighted by atomic mass is 79.9. The summed E-state index contributed by atoms with van der Waals surface area (Å²) < 4.78 is 0. The van der Waals surface area contributed by atoms with Gasteiger partial charge in [-0.3, -0.25) is 0 Å². The Morgan fingerprint density at radius 2 is 2.10 bits per heavy atom. The molecule has 0 amide bonds. The first-order chi connectivity index (χ1) is 10.1. The molecule has 4 nitrogen and oxygen atoms in total. The smallest absolute Gasteiger partial charge is 0.129 e. The molecule has 0 atom stereocenters. The third-order valence-corrected chi connectivity index (χ3v) is 3.26. The lowest BCUT2D eigenvalue weighted by atomic mass is 10.0. The van der Waals surface area contributed by atoms with Crippen LogP contribution in [-0.4, -0.2) is 28.2 Å². The molecule has 0 fully saturated rings. The number of oxime groups is 2. The lowest BCUT2D eigenvalue weighted by Crippen LogP contribution is -2.07. The molecule has 21 heavy (non-hydrogen) atoms. The van der Waals surface area contributed by atoms with E-state index in [2.05, 4.69) is 26.2 Å². The van der Waals surface area contributed by atoms with E-state index in [0.717, 1.165) is 29.5 Å². The Balaban J connectivity index is 2.46. The zero-order valence-electron chi connectivity index (χ0n) is 11.6. The molecular weight excluding hydrogens is 379 g/mol. The van der Waals surface area contributed by atoms with Crippen molar-refractivity contribution in [3.63, 3.8) is 0 Å². The average molecular weight is 396 g/mol. The SMILES string of the molecule is CC1=CC(=NOCCCCBr)C=CC1=NOC=CC(Cl)Cl. The predicted molar refractivity (Wildman–Crippen MR) is 92.5 cm³/mol. The summed E-state index contributed by atoms with van der Waals surface area (Å²) in [6.07, 6.45) is 10.4. The maximum Gasteiger partial charge on any atom is 0.129 e. The predicted octanol–water partition coefficient (Wildman–Crippen LogP) is 4.74. The molecule has 0 unspecified atom stereocenters. The van der Waals surface area contributed by atoms with E-state index in [-0.39, 0.29) is 0 Å². The third kappa shape index (κ3) is 8.29. The highest BCUT2D eigenvalue weighted by Gasteiger charge is 2.07. The van der Waals surface area contributed by atoms with Crippen molar-refractivity contribution >= 4 is 50.6 Å². The lowest BCUT2D eigenvalue weighted by molar-refractivity contribution is 0.142. The molecule has 116 valence electrons. The topological polar surface area (TPSA) is 43.2 Å². The molecule has 0 saturated carbocycles. The van der Waals surface area contributed by atoms with Crippen molar-refractivity contribution in [3.05, 3.63) is 36.1 Å². The summed E-state index contributed by atoms with van der Waals surface area (Å²) in [5, 5.41) is 8.98. The number of nitrogens with zero attached hydrogens (tertiary/aromatic N) is 2. The van der Waals surface area contributed by atoms with Crippen LogP contribution in [0.3, 0.4) is 0 Å². The Kier molecular flexibility index (Phi) is 9.46. The van der Waals surface area contributed by atoms with Crippen LogP contribution in [0.25, 0.3) is 0 Å². The van der Waals surface area contributed by atoms with Crippen LogP contribution in [0.4, 0.5) is 0 Å². The Hall–Kier alpha value is -0.780. The quantitative estimate of drug-likeness (QED) is 0.196. The van der Waals surface area contributed by atoms with Gasteiger partial charge in [0.15, 0.2) is 0 Å². The number of hydrogen-bond donors (Lipinski definition) is 0. The van der Waals surface area contributed by atoms with Gasteiger partial charge in [-0.05, 0) is 49.6 Å². The van der Waals surface area contributed by atoms with E-state index in [1.807, 2.05) is 25.2 Å². The molecule has 0 saturated heterocycles. The summed E-state index contributed by atoms with van der Waals surface area (Å²) in [6.45, 7) is 2.53. The van der Waals surface area contributed by atoms with Gasteiger partial charge in [0, 0.05) is 5.33 Å². The molecule has 0 bridgehead atoms. The van der Waals surface area contributed by atoms with Crippen LogP contribution in [0.5, 0.6) is 0 Å². The molecule has 0 aromatic carbocycles. The maximum atomic E-state index is 5.52. The monoisotopic (exact) mass is 394 g/mol. The molecule has 0 radical (unpaired) electrons. The van der Waals surface area contributed by atoms with Gasteiger partial charge < -0.3 is 9.68 Å². The normalized spacial score (nSPS) is 18.8. The van der Waals surface area contributed by atoms with Gasteiger partial charge in [0.05, 0.1) is 0 Å². The van der Waals surface area contributed by atoms with Gasteiger partial charge in [0.25, 0.3) is 0 Å². The summed E-state index contributed by atoms with van der Waals surface area (Å²) in [7, 11) is 0. The van der Waals surface area contributed by atoms with E-state index in [4.69, 9.17) is 32.9 Å². The summed E-state index contributed by atoms with van der Waals surface area (Å²) in [5.74, 6) is 0. The Morgan fingerprint density at radius 3 is 2.76 bits per heavy atom. The Morgan fingerprint density at radius 1 is 1.29 bits per heavy atom. The number of halogens is 3. The van der Waals surface area contributed by atoms with Gasteiger partial charge in [-0.15, -0.1) is 23.2 Å². The van der Waals surface area contributed by atoms with Crippen LogP contribution in [0.1, 0.15) is 19.8 Å². The molecule has 1 aliphatic carbocycles. The van der Waals surface area contributed by atoms with E-state index in [9.17, 15) is 0 Å². The minimum absolute atomic E-state index is 0.607. The molecule has 7 heteroatoms. The van der Waals surface area contributed by atoms with Gasteiger partial charge in [0.2, 0.25) is 0 Å². The van der Waals surface area contributed by atoms with Gasteiger partial charge in [-0.2, -0.15) is 0 Å². The van der Waals surface area contributed by atoms with Crippen LogP contribution in [-0.2, 0) is 9.68 Å². The maximum absolute atomic E-state index is 5.52. The molecule has 0 aromatic rings. The first-order valence-corrected chi connectivity index (χ1v) is 8.44. The molecule has 1 aliphatic rings. The van der Waals surface area contributed by atoms with Crippen LogP contribution < -0.4 is 0 Å². The second-order valence-electron chi connectivity index (χ2n) is 4.15. The summed E-state index contributed by atoms with van der Waals surface area (Å²) in [5.41, 5.74) is 2.39. The summed E-state index contributed by atoms with van der Waals surface area (Å²) in [4.78, 5) is 9.62. The van der Waals surface area contributed by atoms with E-state index in [1.165, 1.54) is 12.3 Å². The van der Waals surface area contributed by atoms with Crippen molar-refractivity contribution in [2.45, 2.75) is 24.6 Å². The van der Waals surface area contributed by atoms with Crippen molar-refractivity contribution in [3.8, 4) is 0 Å². The first-order valence-electron chi connectivity index (χ1n) is 6.45. The first kappa shape index (κ1) is 18.3. The largest absolute Gasteiger partial charge is 0.395 e. The zero-order chi connectivity index (χ0) is 15.5. The number of allylic oxidation sites excluding steroid dienone is 5. The van der Waals surface area contributed by atoms with Crippen molar-refractivity contribution in [1.29, 1.82) is 0 Å². The van der Waals surface area contributed by atoms with Gasteiger partial charge >= 0.3 is 0 Å². The van der Waals surface area contributed by atoms with E-state index in [0.29, 0.717) is 12.3 Å².